The summed E-state index contributed by atoms with van der Waals surface area (Å²) in [5.41, 5.74) is 2.15. The lowest BCUT2D eigenvalue weighted by Gasteiger charge is -2.09. The van der Waals surface area contributed by atoms with Gasteiger partial charge in [0.15, 0.2) is 11.6 Å². The lowest BCUT2D eigenvalue weighted by molar-refractivity contribution is 0.507. The zero-order valence-electron chi connectivity index (χ0n) is 9.81. The van der Waals surface area contributed by atoms with Crippen molar-refractivity contribution in [2.45, 2.75) is 13.5 Å². The number of rotatable bonds is 3. The maximum atomic E-state index is 13.0. The van der Waals surface area contributed by atoms with Crippen molar-refractivity contribution in [1.29, 1.82) is 0 Å². The second-order valence-corrected chi connectivity index (χ2v) is 4.06. The normalized spacial score (nSPS) is 10.4. The highest BCUT2D eigenvalue weighted by Gasteiger charge is 2.03. The van der Waals surface area contributed by atoms with Crippen LogP contribution in [0.5, 0.6) is 0 Å². The molecule has 0 unspecified atom stereocenters. The predicted octanol–water partition coefficient (Wildman–Crippen LogP) is 4.02. The van der Waals surface area contributed by atoms with Gasteiger partial charge in [-0.3, -0.25) is 0 Å². The van der Waals surface area contributed by atoms with E-state index >= 15 is 0 Å². The van der Waals surface area contributed by atoms with Crippen molar-refractivity contribution in [3.63, 3.8) is 0 Å². The van der Waals surface area contributed by atoms with Crippen LogP contribution in [0.2, 0.25) is 0 Å². The number of anilines is 1. The SMILES string of the molecule is Cc1cc(F)ccc1NCc1ccc(F)c(F)c1. The standard InChI is InChI=1S/C14H12F3N/c1-9-6-11(15)3-5-14(9)18-8-10-2-4-12(16)13(17)7-10/h2-7,18H,8H2,1H3. The third-order valence-electron chi connectivity index (χ3n) is 2.66. The minimum atomic E-state index is -0.870. The van der Waals surface area contributed by atoms with Crippen LogP contribution < -0.4 is 5.32 Å². The van der Waals surface area contributed by atoms with Crippen LogP contribution in [0.1, 0.15) is 11.1 Å². The van der Waals surface area contributed by atoms with Crippen LogP contribution >= 0.6 is 0 Å². The maximum absolute atomic E-state index is 13.0. The van der Waals surface area contributed by atoms with Gasteiger partial charge >= 0.3 is 0 Å². The van der Waals surface area contributed by atoms with Crippen molar-refractivity contribution in [2.75, 3.05) is 5.32 Å². The van der Waals surface area contributed by atoms with Crippen LogP contribution in [0.15, 0.2) is 36.4 Å². The molecule has 18 heavy (non-hydrogen) atoms. The summed E-state index contributed by atoms with van der Waals surface area (Å²) in [5, 5.41) is 3.05. The first-order chi connectivity index (χ1) is 8.56. The van der Waals surface area contributed by atoms with Gasteiger partial charge in [0.25, 0.3) is 0 Å². The average Bonchev–Trinajstić information content (AvgIpc) is 2.32. The Morgan fingerprint density at radius 3 is 2.39 bits per heavy atom. The number of benzene rings is 2. The van der Waals surface area contributed by atoms with Crippen LogP contribution in [0.4, 0.5) is 18.9 Å². The summed E-state index contributed by atoms with van der Waals surface area (Å²) in [6.07, 6.45) is 0. The molecule has 0 aliphatic rings. The first kappa shape index (κ1) is 12.5. The van der Waals surface area contributed by atoms with Crippen LogP contribution in [-0.2, 0) is 6.54 Å². The molecule has 0 aliphatic heterocycles. The van der Waals surface area contributed by atoms with E-state index in [4.69, 9.17) is 0 Å². The minimum absolute atomic E-state index is 0.300. The summed E-state index contributed by atoms with van der Waals surface area (Å²) in [6.45, 7) is 2.13. The lowest BCUT2D eigenvalue weighted by Crippen LogP contribution is -2.02. The number of aryl methyl sites for hydroxylation is 1. The molecule has 1 nitrogen and oxygen atoms in total. The van der Waals surface area contributed by atoms with E-state index < -0.39 is 11.6 Å². The Morgan fingerprint density at radius 1 is 0.944 bits per heavy atom. The number of halogens is 3. The van der Waals surface area contributed by atoms with Gasteiger partial charge in [0.1, 0.15) is 5.82 Å². The van der Waals surface area contributed by atoms with Crippen molar-refractivity contribution in [3.05, 3.63) is 65.0 Å². The largest absolute Gasteiger partial charge is 0.381 e. The second kappa shape index (κ2) is 5.12. The smallest absolute Gasteiger partial charge is 0.159 e. The van der Waals surface area contributed by atoms with Crippen LogP contribution in [-0.4, -0.2) is 0 Å². The van der Waals surface area contributed by atoms with Gasteiger partial charge in [0.05, 0.1) is 0 Å². The van der Waals surface area contributed by atoms with Crippen molar-refractivity contribution in [3.8, 4) is 0 Å². The minimum Gasteiger partial charge on any atom is -0.381 e. The monoisotopic (exact) mass is 251 g/mol. The molecule has 4 heteroatoms. The molecule has 0 saturated heterocycles. The molecular formula is C14H12F3N. The Morgan fingerprint density at radius 2 is 1.72 bits per heavy atom. The summed E-state index contributed by atoms with van der Waals surface area (Å²) in [4.78, 5) is 0. The fourth-order valence-electron chi connectivity index (χ4n) is 1.67. The van der Waals surface area contributed by atoms with Gasteiger partial charge in [-0.05, 0) is 48.4 Å². The van der Waals surface area contributed by atoms with Crippen molar-refractivity contribution in [2.24, 2.45) is 0 Å². The molecule has 2 rings (SSSR count). The van der Waals surface area contributed by atoms with Gasteiger partial charge in [-0.1, -0.05) is 6.07 Å². The highest BCUT2D eigenvalue weighted by atomic mass is 19.2. The van der Waals surface area contributed by atoms with Gasteiger partial charge < -0.3 is 5.32 Å². The van der Waals surface area contributed by atoms with E-state index in [1.165, 1.54) is 18.2 Å². The molecule has 2 aromatic rings. The Kier molecular flexibility index (Phi) is 3.55. The fourth-order valence-corrected chi connectivity index (χ4v) is 1.67. The predicted molar refractivity (Wildman–Crippen MR) is 64.8 cm³/mol. The Balaban J connectivity index is 2.09. The van der Waals surface area contributed by atoms with Crippen LogP contribution in [0, 0.1) is 24.4 Å². The third kappa shape index (κ3) is 2.83. The molecular weight excluding hydrogens is 239 g/mol. The molecule has 0 radical (unpaired) electrons. The van der Waals surface area contributed by atoms with Crippen molar-refractivity contribution >= 4 is 5.69 Å². The van der Waals surface area contributed by atoms with E-state index in [2.05, 4.69) is 5.32 Å². The molecule has 2 aromatic carbocycles. The van der Waals surface area contributed by atoms with E-state index in [9.17, 15) is 13.2 Å². The van der Waals surface area contributed by atoms with Crippen molar-refractivity contribution in [1.82, 2.24) is 0 Å². The van der Waals surface area contributed by atoms with E-state index in [0.29, 0.717) is 12.1 Å². The molecule has 0 bridgehead atoms. The highest BCUT2D eigenvalue weighted by Crippen LogP contribution is 2.17. The van der Waals surface area contributed by atoms with E-state index in [0.717, 1.165) is 23.4 Å². The second-order valence-electron chi connectivity index (χ2n) is 4.06. The summed E-state index contributed by atoms with van der Waals surface area (Å²) in [6, 6.07) is 8.11. The van der Waals surface area contributed by atoms with Crippen LogP contribution in [0.3, 0.4) is 0 Å². The molecule has 0 aliphatic carbocycles. The van der Waals surface area contributed by atoms with Gasteiger partial charge in [0.2, 0.25) is 0 Å². The number of hydrogen-bond acceptors (Lipinski definition) is 1. The Labute approximate surface area is 103 Å². The number of nitrogens with one attached hydrogen (secondary N) is 1. The zero-order chi connectivity index (χ0) is 13.1. The fraction of sp³-hybridized carbons (Fsp3) is 0.143. The highest BCUT2D eigenvalue weighted by molar-refractivity contribution is 5.50. The molecule has 0 heterocycles. The lowest BCUT2D eigenvalue weighted by atomic mass is 10.1. The molecule has 1 N–H and O–H groups in total. The molecule has 0 amide bonds. The van der Waals surface area contributed by atoms with Gasteiger partial charge in [-0.15, -0.1) is 0 Å². The molecule has 0 saturated carbocycles. The summed E-state index contributed by atoms with van der Waals surface area (Å²) < 4.78 is 38.6. The van der Waals surface area contributed by atoms with Gasteiger partial charge in [0, 0.05) is 12.2 Å². The molecule has 0 fully saturated rings. The summed E-state index contributed by atoms with van der Waals surface area (Å²) >= 11 is 0. The van der Waals surface area contributed by atoms with E-state index in [1.54, 1.807) is 13.0 Å². The average molecular weight is 251 g/mol. The van der Waals surface area contributed by atoms with Gasteiger partial charge in [-0.25, -0.2) is 13.2 Å². The topological polar surface area (TPSA) is 12.0 Å². The first-order valence-corrected chi connectivity index (χ1v) is 5.50. The van der Waals surface area contributed by atoms with Crippen LogP contribution in [0.25, 0.3) is 0 Å². The van der Waals surface area contributed by atoms with Gasteiger partial charge in [-0.2, -0.15) is 0 Å². The molecule has 94 valence electrons. The zero-order valence-corrected chi connectivity index (χ0v) is 9.81. The maximum Gasteiger partial charge on any atom is 0.159 e. The summed E-state index contributed by atoms with van der Waals surface area (Å²) in [7, 11) is 0. The van der Waals surface area contributed by atoms with E-state index in [1.807, 2.05) is 0 Å². The molecule has 0 aromatic heterocycles. The third-order valence-corrected chi connectivity index (χ3v) is 2.66. The summed E-state index contributed by atoms with van der Waals surface area (Å²) in [5.74, 6) is -2.03. The van der Waals surface area contributed by atoms with Crippen molar-refractivity contribution < 1.29 is 13.2 Å². The Hall–Kier alpha value is -1.97. The molecule has 0 atom stereocenters. The number of hydrogen-bond donors (Lipinski definition) is 1. The molecule has 0 spiro atoms. The Bertz CT molecular complexity index is 567. The van der Waals surface area contributed by atoms with E-state index in [-0.39, 0.29) is 5.82 Å². The first-order valence-electron chi connectivity index (χ1n) is 5.50. The quantitative estimate of drug-likeness (QED) is 0.868.